The summed E-state index contributed by atoms with van der Waals surface area (Å²) in [6.07, 6.45) is 10.2. The first-order chi connectivity index (χ1) is 18.8. The summed E-state index contributed by atoms with van der Waals surface area (Å²) in [4.78, 5) is 22.7. The van der Waals surface area contributed by atoms with Crippen LogP contribution in [0.4, 0.5) is 5.69 Å². The smallest absolute Gasteiger partial charge is 0.251 e. The second-order valence-corrected chi connectivity index (χ2v) is 10.8. The van der Waals surface area contributed by atoms with Crippen LogP contribution in [0.2, 0.25) is 0 Å². The number of pyridine rings is 1. The van der Waals surface area contributed by atoms with Gasteiger partial charge in [0.2, 0.25) is 0 Å². The zero-order valence-electron chi connectivity index (χ0n) is 22.8. The van der Waals surface area contributed by atoms with Crippen molar-refractivity contribution in [1.82, 2.24) is 20.1 Å². The van der Waals surface area contributed by atoms with E-state index in [9.17, 15) is 4.79 Å². The molecule has 5 rings (SSSR count). The van der Waals surface area contributed by atoms with Crippen molar-refractivity contribution in [3.8, 4) is 11.3 Å². The monoisotopic (exact) mass is 513 g/mol. The number of nitrogens with one attached hydrogen (secondary N) is 2. The van der Waals surface area contributed by atoms with Crippen LogP contribution in [-0.2, 0) is 0 Å². The fourth-order valence-corrected chi connectivity index (χ4v) is 5.76. The van der Waals surface area contributed by atoms with E-state index >= 15 is 0 Å². The minimum atomic E-state index is -0.00211. The van der Waals surface area contributed by atoms with Crippen molar-refractivity contribution in [1.29, 1.82) is 0 Å². The largest absolute Gasteiger partial charge is 0.384 e. The lowest BCUT2D eigenvalue weighted by Gasteiger charge is -2.26. The number of likely N-dealkylation sites (tertiary alicyclic amines) is 2. The molecule has 3 aromatic rings. The second-order valence-electron chi connectivity index (χ2n) is 10.8. The molecule has 2 fully saturated rings. The standard InChI is InChI=1S/C32H43N5O/c38-32(34-18-10-24-37-21-7-2-8-22-37)27-15-13-26(14-16-27)30-25-31(28-11-3-4-12-29(28)35-30)33-17-9-23-36-19-5-1-6-20-36/h3-4,11-16,25H,1-2,5-10,17-24H2,(H,33,35)(H,34,38). The second kappa shape index (κ2) is 13.7. The SMILES string of the molecule is O=C(NCCCN1CCCCC1)c1ccc(-c2cc(NCCCN3CCCCC3)c3ccccc3n2)cc1. The fraction of sp³-hybridized carbons (Fsp3) is 0.500. The maximum Gasteiger partial charge on any atom is 0.251 e. The number of aromatic nitrogens is 1. The summed E-state index contributed by atoms with van der Waals surface area (Å²) in [5.41, 5.74) is 4.76. The molecule has 2 N–H and O–H groups in total. The van der Waals surface area contributed by atoms with Crippen molar-refractivity contribution in [2.75, 3.05) is 57.7 Å². The molecule has 202 valence electrons. The van der Waals surface area contributed by atoms with Gasteiger partial charge in [-0.05, 0) is 102 Å². The van der Waals surface area contributed by atoms with Crippen LogP contribution in [0.5, 0.6) is 0 Å². The predicted octanol–water partition coefficient (Wildman–Crippen LogP) is 5.80. The van der Waals surface area contributed by atoms with E-state index in [1.54, 1.807) is 0 Å². The molecule has 2 aliphatic heterocycles. The molecule has 0 saturated carbocycles. The van der Waals surface area contributed by atoms with Gasteiger partial charge in [-0.1, -0.05) is 43.2 Å². The van der Waals surface area contributed by atoms with E-state index in [1.165, 1.54) is 64.7 Å². The van der Waals surface area contributed by atoms with Gasteiger partial charge in [-0.15, -0.1) is 0 Å². The molecule has 0 bridgehead atoms. The number of amides is 1. The Balaban J connectivity index is 1.18. The topological polar surface area (TPSA) is 60.5 Å². The van der Waals surface area contributed by atoms with E-state index in [2.05, 4.69) is 44.7 Å². The molecule has 2 saturated heterocycles. The average molecular weight is 514 g/mol. The molecule has 2 aliphatic rings. The average Bonchev–Trinajstić information content (AvgIpc) is 2.98. The highest BCUT2D eigenvalue weighted by Crippen LogP contribution is 2.28. The third kappa shape index (κ3) is 7.33. The number of anilines is 1. The van der Waals surface area contributed by atoms with Gasteiger partial charge in [-0.3, -0.25) is 4.79 Å². The van der Waals surface area contributed by atoms with Crippen LogP contribution in [0.1, 0.15) is 61.7 Å². The Morgan fingerprint density at radius 2 is 1.39 bits per heavy atom. The van der Waals surface area contributed by atoms with Crippen LogP contribution in [0.3, 0.4) is 0 Å². The highest BCUT2D eigenvalue weighted by molar-refractivity contribution is 5.96. The molecule has 0 radical (unpaired) electrons. The third-order valence-corrected chi connectivity index (χ3v) is 7.96. The number of para-hydroxylation sites is 1. The Morgan fingerprint density at radius 3 is 2.08 bits per heavy atom. The quantitative estimate of drug-likeness (QED) is 0.318. The van der Waals surface area contributed by atoms with Crippen molar-refractivity contribution >= 4 is 22.5 Å². The van der Waals surface area contributed by atoms with Crippen LogP contribution in [0.15, 0.2) is 54.6 Å². The van der Waals surface area contributed by atoms with Gasteiger partial charge in [-0.25, -0.2) is 4.98 Å². The molecule has 38 heavy (non-hydrogen) atoms. The van der Waals surface area contributed by atoms with E-state index in [0.717, 1.165) is 66.9 Å². The molecule has 0 atom stereocenters. The number of nitrogens with zero attached hydrogens (tertiary/aromatic N) is 3. The Morgan fingerprint density at radius 1 is 0.763 bits per heavy atom. The lowest BCUT2D eigenvalue weighted by atomic mass is 10.1. The summed E-state index contributed by atoms with van der Waals surface area (Å²) >= 11 is 0. The summed E-state index contributed by atoms with van der Waals surface area (Å²) in [5, 5.41) is 7.92. The van der Waals surface area contributed by atoms with Crippen LogP contribution in [-0.4, -0.2) is 73.0 Å². The van der Waals surface area contributed by atoms with Crippen LogP contribution in [0, 0.1) is 0 Å². The number of hydrogen-bond donors (Lipinski definition) is 2. The molecule has 1 amide bonds. The van der Waals surface area contributed by atoms with Gasteiger partial charge < -0.3 is 20.4 Å². The number of rotatable bonds is 11. The molecule has 0 unspecified atom stereocenters. The minimum Gasteiger partial charge on any atom is -0.384 e. The summed E-state index contributed by atoms with van der Waals surface area (Å²) in [5.74, 6) is -0.00211. The molecular formula is C32H43N5O. The zero-order chi connectivity index (χ0) is 26.0. The first kappa shape index (κ1) is 26.6. The Labute approximate surface area is 227 Å². The van der Waals surface area contributed by atoms with Crippen molar-refractivity contribution in [3.63, 3.8) is 0 Å². The van der Waals surface area contributed by atoms with Crippen LogP contribution < -0.4 is 10.6 Å². The van der Waals surface area contributed by atoms with Crippen LogP contribution in [0.25, 0.3) is 22.2 Å². The van der Waals surface area contributed by atoms with Gasteiger partial charge in [0.15, 0.2) is 0 Å². The van der Waals surface area contributed by atoms with E-state index in [4.69, 9.17) is 4.98 Å². The number of piperidine rings is 2. The summed E-state index contributed by atoms with van der Waals surface area (Å²) in [6.45, 7) is 8.79. The zero-order valence-corrected chi connectivity index (χ0v) is 22.8. The maximum atomic E-state index is 12.7. The number of carbonyl (C=O) groups is 1. The van der Waals surface area contributed by atoms with Crippen molar-refractivity contribution in [3.05, 3.63) is 60.2 Å². The molecule has 3 heterocycles. The lowest BCUT2D eigenvalue weighted by molar-refractivity contribution is 0.0951. The number of benzene rings is 2. The first-order valence-electron chi connectivity index (χ1n) is 14.7. The Kier molecular flexibility index (Phi) is 9.62. The third-order valence-electron chi connectivity index (χ3n) is 7.96. The van der Waals surface area contributed by atoms with Gasteiger partial charge >= 0.3 is 0 Å². The van der Waals surface area contributed by atoms with Gasteiger partial charge in [-0.2, -0.15) is 0 Å². The number of carbonyl (C=O) groups excluding carboxylic acids is 1. The molecule has 6 heteroatoms. The van der Waals surface area contributed by atoms with Crippen molar-refractivity contribution < 1.29 is 4.79 Å². The first-order valence-corrected chi connectivity index (χ1v) is 14.7. The summed E-state index contributed by atoms with van der Waals surface area (Å²) in [7, 11) is 0. The maximum absolute atomic E-state index is 12.7. The molecule has 1 aromatic heterocycles. The predicted molar refractivity (Wildman–Crippen MR) is 158 cm³/mol. The highest BCUT2D eigenvalue weighted by atomic mass is 16.1. The summed E-state index contributed by atoms with van der Waals surface area (Å²) in [6, 6.07) is 18.3. The van der Waals surface area contributed by atoms with E-state index in [1.807, 2.05) is 30.3 Å². The van der Waals surface area contributed by atoms with E-state index in [-0.39, 0.29) is 5.91 Å². The van der Waals surface area contributed by atoms with Crippen molar-refractivity contribution in [2.45, 2.75) is 51.4 Å². The molecule has 6 nitrogen and oxygen atoms in total. The van der Waals surface area contributed by atoms with Gasteiger partial charge in [0.25, 0.3) is 5.91 Å². The Bertz CT molecular complexity index is 1170. The normalized spacial score (nSPS) is 16.9. The molecule has 2 aromatic carbocycles. The molecule has 0 spiro atoms. The van der Waals surface area contributed by atoms with Gasteiger partial charge in [0.1, 0.15) is 0 Å². The summed E-state index contributed by atoms with van der Waals surface area (Å²) < 4.78 is 0. The lowest BCUT2D eigenvalue weighted by Crippen LogP contribution is -2.33. The van der Waals surface area contributed by atoms with E-state index < -0.39 is 0 Å². The van der Waals surface area contributed by atoms with E-state index in [0.29, 0.717) is 5.56 Å². The molecular weight excluding hydrogens is 470 g/mol. The molecule has 0 aliphatic carbocycles. The number of fused-ring (bicyclic) bond motifs is 1. The Hall–Kier alpha value is -2.96. The van der Waals surface area contributed by atoms with Crippen molar-refractivity contribution in [2.24, 2.45) is 0 Å². The van der Waals surface area contributed by atoms with Gasteiger partial charge in [0.05, 0.1) is 11.2 Å². The van der Waals surface area contributed by atoms with Crippen LogP contribution >= 0.6 is 0 Å². The highest BCUT2D eigenvalue weighted by Gasteiger charge is 2.12. The fourth-order valence-electron chi connectivity index (χ4n) is 5.76. The van der Waals surface area contributed by atoms with Gasteiger partial charge in [0, 0.05) is 35.3 Å². The minimum absolute atomic E-state index is 0.00211. The number of hydrogen-bond acceptors (Lipinski definition) is 5.